The Kier molecular flexibility index (Phi) is 12.1. The fraction of sp³-hybridized carbons (Fsp3) is 0.611. The third-order valence-corrected chi connectivity index (χ3v) is 4.62. The number of nitrogens with zero attached hydrogens (tertiary/aromatic N) is 1. The molecule has 1 heterocycles. The molecule has 7 heteroatoms. The maximum Gasteiger partial charge on any atom is 0.227 e. The summed E-state index contributed by atoms with van der Waals surface area (Å²) in [6.07, 6.45) is 2.39. The van der Waals surface area contributed by atoms with Crippen molar-refractivity contribution in [3.63, 3.8) is 0 Å². The lowest BCUT2D eigenvalue weighted by molar-refractivity contribution is -0.135. The highest BCUT2D eigenvalue weighted by molar-refractivity contribution is 5.85. The van der Waals surface area contributed by atoms with Gasteiger partial charge in [-0.05, 0) is 38.4 Å². The first-order chi connectivity index (χ1) is 11.2. The van der Waals surface area contributed by atoms with Crippen LogP contribution in [0.4, 0.5) is 0 Å². The van der Waals surface area contributed by atoms with Gasteiger partial charge in [-0.2, -0.15) is 0 Å². The second-order valence-corrected chi connectivity index (χ2v) is 6.43. The molecule has 25 heavy (non-hydrogen) atoms. The highest BCUT2D eigenvalue weighted by atomic mass is 35.5. The standard InChI is InChI=1S/C18H29N3O2.2ClH/c1-21(14-16-6-3-2-4-7-16)11-5-10-20-17(22)18(15-19)8-12-23-13-9-18;;/h2-4,6-7H,5,8-15,19H2,1H3,(H,20,22);2*1H. The van der Waals surface area contributed by atoms with Crippen molar-refractivity contribution in [3.8, 4) is 0 Å². The molecule has 0 saturated carbocycles. The number of ether oxygens (including phenoxy) is 1. The van der Waals surface area contributed by atoms with Crippen molar-refractivity contribution in [1.29, 1.82) is 0 Å². The zero-order valence-corrected chi connectivity index (χ0v) is 16.5. The second-order valence-electron chi connectivity index (χ2n) is 6.43. The van der Waals surface area contributed by atoms with Crippen LogP contribution in [0.25, 0.3) is 0 Å². The molecule has 1 aliphatic heterocycles. The molecule has 2 rings (SSSR count). The van der Waals surface area contributed by atoms with E-state index < -0.39 is 5.41 Å². The lowest BCUT2D eigenvalue weighted by Gasteiger charge is -2.34. The molecule has 0 atom stereocenters. The van der Waals surface area contributed by atoms with Crippen LogP contribution >= 0.6 is 24.8 Å². The molecule has 3 N–H and O–H groups in total. The van der Waals surface area contributed by atoms with Crippen LogP contribution < -0.4 is 11.1 Å². The van der Waals surface area contributed by atoms with E-state index in [9.17, 15) is 4.79 Å². The maximum absolute atomic E-state index is 12.4. The first-order valence-electron chi connectivity index (χ1n) is 8.45. The fourth-order valence-corrected chi connectivity index (χ4v) is 3.00. The Bertz CT molecular complexity index is 482. The summed E-state index contributed by atoms with van der Waals surface area (Å²) in [6.45, 7) is 4.23. The minimum Gasteiger partial charge on any atom is -0.381 e. The van der Waals surface area contributed by atoms with Gasteiger partial charge in [0.25, 0.3) is 0 Å². The number of benzene rings is 1. The van der Waals surface area contributed by atoms with E-state index in [-0.39, 0.29) is 30.7 Å². The van der Waals surface area contributed by atoms with Gasteiger partial charge in [-0.1, -0.05) is 30.3 Å². The Morgan fingerprint density at radius 3 is 2.48 bits per heavy atom. The summed E-state index contributed by atoms with van der Waals surface area (Å²) >= 11 is 0. The van der Waals surface area contributed by atoms with E-state index in [0.717, 1.165) is 32.4 Å². The van der Waals surface area contributed by atoms with Crippen molar-refractivity contribution in [1.82, 2.24) is 10.2 Å². The van der Waals surface area contributed by atoms with Gasteiger partial charge < -0.3 is 20.7 Å². The SMILES string of the molecule is CN(CCCNC(=O)C1(CN)CCOCC1)Cc1ccccc1.Cl.Cl. The Balaban J connectivity index is 0.00000288. The first kappa shape index (κ1) is 24.1. The van der Waals surface area contributed by atoms with Crippen molar-refractivity contribution in [2.45, 2.75) is 25.8 Å². The van der Waals surface area contributed by atoms with E-state index in [1.165, 1.54) is 5.56 Å². The van der Waals surface area contributed by atoms with E-state index in [2.05, 4.69) is 41.5 Å². The fourth-order valence-electron chi connectivity index (χ4n) is 3.00. The van der Waals surface area contributed by atoms with Crippen LogP contribution in [-0.2, 0) is 16.1 Å². The van der Waals surface area contributed by atoms with Gasteiger partial charge in [0.2, 0.25) is 5.91 Å². The molecule has 144 valence electrons. The Morgan fingerprint density at radius 2 is 1.88 bits per heavy atom. The molecule has 0 bridgehead atoms. The summed E-state index contributed by atoms with van der Waals surface area (Å²) < 4.78 is 5.35. The minimum atomic E-state index is -0.422. The van der Waals surface area contributed by atoms with Crippen molar-refractivity contribution in [3.05, 3.63) is 35.9 Å². The highest BCUT2D eigenvalue weighted by Gasteiger charge is 2.38. The Morgan fingerprint density at radius 1 is 1.24 bits per heavy atom. The van der Waals surface area contributed by atoms with Crippen LogP contribution in [0.3, 0.4) is 0 Å². The lowest BCUT2D eigenvalue weighted by atomic mass is 9.79. The zero-order valence-electron chi connectivity index (χ0n) is 14.9. The van der Waals surface area contributed by atoms with Gasteiger partial charge in [-0.15, -0.1) is 24.8 Å². The third-order valence-electron chi connectivity index (χ3n) is 4.62. The molecule has 1 amide bonds. The van der Waals surface area contributed by atoms with Crippen LogP contribution in [0.2, 0.25) is 0 Å². The van der Waals surface area contributed by atoms with Crippen molar-refractivity contribution >= 4 is 30.7 Å². The van der Waals surface area contributed by atoms with Crippen LogP contribution in [0.1, 0.15) is 24.8 Å². The molecule has 1 aromatic rings. The molecule has 1 aromatic carbocycles. The van der Waals surface area contributed by atoms with Crippen molar-refractivity contribution in [2.24, 2.45) is 11.1 Å². The Labute approximate surface area is 163 Å². The van der Waals surface area contributed by atoms with E-state index in [0.29, 0.717) is 26.3 Å². The number of hydrogen-bond donors (Lipinski definition) is 2. The molecule has 1 saturated heterocycles. The summed E-state index contributed by atoms with van der Waals surface area (Å²) in [5.41, 5.74) is 6.74. The van der Waals surface area contributed by atoms with Gasteiger partial charge in [0.15, 0.2) is 0 Å². The summed E-state index contributed by atoms with van der Waals surface area (Å²) in [5, 5.41) is 3.06. The quantitative estimate of drug-likeness (QED) is 0.666. The third kappa shape index (κ3) is 7.50. The minimum absolute atomic E-state index is 0. The van der Waals surface area contributed by atoms with E-state index in [1.807, 2.05) is 6.07 Å². The number of carbonyl (C=O) groups is 1. The number of halogens is 2. The molecular formula is C18H31Cl2N3O2. The average molecular weight is 392 g/mol. The van der Waals surface area contributed by atoms with Gasteiger partial charge in [-0.25, -0.2) is 0 Å². The van der Waals surface area contributed by atoms with E-state index in [1.54, 1.807) is 0 Å². The van der Waals surface area contributed by atoms with Crippen molar-refractivity contribution in [2.75, 3.05) is 39.9 Å². The number of amides is 1. The van der Waals surface area contributed by atoms with Crippen molar-refractivity contribution < 1.29 is 9.53 Å². The van der Waals surface area contributed by atoms with E-state index >= 15 is 0 Å². The van der Waals surface area contributed by atoms with Crippen LogP contribution in [0.15, 0.2) is 30.3 Å². The number of nitrogens with two attached hydrogens (primary N) is 1. The van der Waals surface area contributed by atoms with Gasteiger partial charge in [0.05, 0.1) is 5.41 Å². The normalized spacial score (nSPS) is 15.8. The maximum atomic E-state index is 12.4. The van der Waals surface area contributed by atoms with Gasteiger partial charge in [0, 0.05) is 32.8 Å². The molecule has 1 fully saturated rings. The molecule has 5 nitrogen and oxygen atoms in total. The predicted molar refractivity (Wildman–Crippen MR) is 106 cm³/mol. The predicted octanol–water partition coefficient (Wildman–Crippen LogP) is 2.22. The van der Waals surface area contributed by atoms with Crippen LogP contribution in [0, 0.1) is 5.41 Å². The summed E-state index contributed by atoms with van der Waals surface area (Å²) in [5.74, 6) is 0.0917. The highest BCUT2D eigenvalue weighted by Crippen LogP contribution is 2.29. The van der Waals surface area contributed by atoms with E-state index in [4.69, 9.17) is 10.5 Å². The topological polar surface area (TPSA) is 67.6 Å². The Hall–Kier alpha value is -0.850. The summed E-state index contributed by atoms with van der Waals surface area (Å²) in [6, 6.07) is 10.4. The summed E-state index contributed by atoms with van der Waals surface area (Å²) in [7, 11) is 2.11. The van der Waals surface area contributed by atoms with Crippen LogP contribution in [0.5, 0.6) is 0 Å². The number of hydrogen-bond acceptors (Lipinski definition) is 4. The molecular weight excluding hydrogens is 361 g/mol. The number of carbonyl (C=O) groups excluding carboxylic acids is 1. The second kappa shape index (κ2) is 12.5. The zero-order chi connectivity index (χ0) is 16.5. The first-order valence-corrected chi connectivity index (χ1v) is 8.45. The van der Waals surface area contributed by atoms with Gasteiger partial charge in [0.1, 0.15) is 0 Å². The van der Waals surface area contributed by atoms with Gasteiger partial charge >= 0.3 is 0 Å². The molecule has 1 aliphatic rings. The average Bonchev–Trinajstić information content (AvgIpc) is 2.60. The molecule has 0 aliphatic carbocycles. The summed E-state index contributed by atoms with van der Waals surface area (Å²) in [4.78, 5) is 14.7. The van der Waals surface area contributed by atoms with Crippen LogP contribution in [-0.4, -0.2) is 50.7 Å². The monoisotopic (exact) mass is 391 g/mol. The molecule has 0 spiro atoms. The number of nitrogens with one attached hydrogen (secondary N) is 1. The van der Waals surface area contributed by atoms with Gasteiger partial charge in [-0.3, -0.25) is 4.79 Å². The molecule has 0 unspecified atom stereocenters. The largest absolute Gasteiger partial charge is 0.381 e. The number of rotatable bonds is 8. The lowest BCUT2D eigenvalue weighted by Crippen LogP contribution is -2.49. The smallest absolute Gasteiger partial charge is 0.227 e. The molecule has 0 aromatic heterocycles. The molecule has 0 radical (unpaired) electrons.